The molecule has 0 saturated heterocycles. The Morgan fingerprint density at radius 1 is 1.35 bits per heavy atom. The molecule has 0 aromatic heterocycles. The molecule has 20 heavy (non-hydrogen) atoms. The first-order valence-corrected chi connectivity index (χ1v) is 9.07. The number of hydrogen-bond donors (Lipinski definition) is 1. The summed E-state index contributed by atoms with van der Waals surface area (Å²) in [5.41, 5.74) is -0.786. The van der Waals surface area contributed by atoms with E-state index >= 15 is 0 Å². The van der Waals surface area contributed by atoms with Crippen molar-refractivity contribution in [3.63, 3.8) is 0 Å². The Hall–Kier alpha value is -1.89. The number of carbonyl (C=O) groups is 1. The zero-order valence-electron chi connectivity index (χ0n) is 12.3. The molecule has 0 saturated carbocycles. The van der Waals surface area contributed by atoms with Crippen LogP contribution < -0.4 is 4.43 Å². The summed E-state index contributed by atoms with van der Waals surface area (Å²) in [6, 6.07) is 3.86. The number of hydrogen-bond acceptors (Lipinski definition) is 4. The Labute approximate surface area is 118 Å². The fraction of sp³-hybridized carbons (Fsp3) is 0.462. The summed E-state index contributed by atoms with van der Waals surface area (Å²) in [7, 11) is -2.12. The highest BCUT2D eigenvalue weighted by atomic mass is 28.4. The topological polar surface area (TPSA) is 89.7 Å². The SMILES string of the molecule is CC(C)(C)[Si](C)(C)Oc1ccc(C(=O)O)c([N+](=O)[O-])c1. The van der Waals surface area contributed by atoms with Gasteiger partial charge in [-0.2, -0.15) is 0 Å². The normalized spacial score (nSPS) is 12.1. The molecule has 0 radical (unpaired) electrons. The van der Waals surface area contributed by atoms with E-state index in [0.29, 0.717) is 5.75 Å². The molecule has 1 rings (SSSR count). The lowest BCUT2D eigenvalue weighted by atomic mass is 10.2. The highest BCUT2D eigenvalue weighted by Gasteiger charge is 2.39. The maximum atomic E-state index is 10.9. The first-order valence-electron chi connectivity index (χ1n) is 6.16. The largest absolute Gasteiger partial charge is 0.543 e. The van der Waals surface area contributed by atoms with Crippen LogP contribution in [0.4, 0.5) is 5.69 Å². The van der Waals surface area contributed by atoms with Crippen molar-refractivity contribution in [3.8, 4) is 5.75 Å². The summed E-state index contributed by atoms with van der Waals surface area (Å²) in [6.07, 6.45) is 0. The molecule has 0 amide bonds. The smallest absolute Gasteiger partial charge is 0.342 e. The lowest BCUT2D eigenvalue weighted by Crippen LogP contribution is -2.43. The molecule has 6 nitrogen and oxygen atoms in total. The molecule has 0 heterocycles. The van der Waals surface area contributed by atoms with Crippen molar-refractivity contribution in [2.45, 2.75) is 38.9 Å². The molecule has 1 aromatic carbocycles. The van der Waals surface area contributed by atoms with Gasteiger partial charge in [-0.25, -0.2) is 4.79 Å². The van der Waals surface area contributed by atoms with Gasteiger partial charge in [0.05, 0.1) is 11.0 Å². The highest BCUT2D eigenvalue weighted by Crippen LogP contribution is 2.38. The predicted molar refractivity (Wildman–Crippen MR) is 77.9 cm³/mol. The lowest BCUT2D eigenvalue weighted by Gasteiger charge is -2.36. The van der Waals surface area contributed by atoms with Gasteiger partial charge in [0.1, 0.15) is 11.3 Å². The zero-order chi connectivity index (χ0) is 15.7. The van der Waals surface area contributed by atoms with Crippen LogP contribution >= 0.6 is 0 Å². The second-order valence-corrected chi connectivity index (χ2v) is 10.8. The average molecular weight is 297 g/mol. The van der Waals surface area contributed by atoms with Gasteiger partial charge < -0.3 is 9.53 Å². The fourth-order valence-corrected chi connectivity index (χ4v) is 2.38. The van der Waals surface area contributed by atoms with Crippen molar-refractivity contribution in [2.75, 3.05) is 0 Å². The number of rotatable bonds is 4. The molecular formula is C13H19NO5Si. The summed E-state index contributed by atoms with van der Waals surface area (Å²) in [5, 5.41) is 19.8. The monoisotopic (exact) mass is 297 g/mol. The first-order chi connectivity index (χ1) is 8.95. The van der Waals surface area contributed by atoms with Gasteiger partial charge in [0.15, 0.2) is 0 Å². The van der Waals surface area contributed by atoms with Gasteiger partial charge in [0, 0.05) is 0 Å². The Kier molecular flexibility index (Phi) is 4.23. The minimum atomic E-state index is -2.12. The summed E-state index contributed by atoms with van der Waals surface area (Å²) < 4.78 is 5.93. The Morgan fingerprint density at radius 2 is 1.90 bits per heavy atom. The molecule has 1 aromatic rings. The maximum Gasteiger partial charge on any atom is 0.342 e. The standard InChI is InChI=1S/C13H19NO5Si/c1-13(2,3)20(4,5)19-9-6-7-10(12(15)16)11(8-9)14(17)18/h6-8H,1-5H3,(H,15,16). The van der Waals surface area contributed by atoms with Gasteiger partial charge >= 0.3 is 5.97 Å². The van der Waals surface area contributed by atoms with E-state index in [1.165, 1.54) is 18.2 Å². The van der Waals surface area contributed by atoms with Gasteiger partial charge in [-0.05, 0) is 30.3 Å². The van der Waals surface area contributed by atoms with Crippen LogP contribution in [-0.4, -0.2) is 24.3 Å². The van der Waals surface area contributed by atoms with Gasteiger partial charge in [-0.15, -0.1) is 0 Å². The van der Waals surface area contributed by atoms with E-state index in [1.54, 1.807) is 0 Å². The highest BCUT2D eigenvalue weighted by molar-refractivity contribution is 6.74. The Balaban J connectivity index is 3.20. The molecule has 0 atom stereocenters. The van der Waals surface area contributed by atoms with E-state index in [2.05, 4.69) is 20.8 Å². The quantitative estimate of drug-likeness (QED) is 0.520. The van der Waals surface area contributed by atoms with Crippen molar-refractivity contribution >= 4 is 20.0 Å². The van der Waals surface area contributed by atoms with Crippen LogP contribution in [0.15, 0.2) is 18.2 Å². The number of nitro benzene ring substituents is 1. The predicted octanol–water partition coefficient (Wildman–Crippen LogP) is 3.68. The number of carboxylic acid groups (broad SMARTS) is 1. The fourth-order valence-electron chi connectivity index (χ4n) is 1.35. The van der Waals surface area contributed by atoms with Gasteiger partial charge in [0.2, 0.25) is 8.32 Å². The van der Waals surface area contributed by atoms with Crippen molar-refractivity contribution in [2.24, 2.45) is 0 Å². The zero-order valence-corrected chi connectivity index (χ0v) is 13.3. The lowest BCUT2D eigenvalue weighted by molar-refractivity contribution is -0.385. The summed E-state index contributed by atoms with van der Waals surface area (Å²) in [6.45, 7) is 10.2. The number of carboxylic acids is 1. The second-order valence-electron chi connectivity index (χ2n) is 6.10. The molecule has 1 N–H and O–H groups in total. The summed E-state index contributed by atoms with van der Waals surface area (Å²) in [4.78, 5) is 21.2. The molecule has 0 fully saturated rings. The van der Waals surface area contributed by atoms with E-state index in [1.807, 2.05) is 13.1 Å². The van der Waals surface area contributed by atoms with Crippen molar-refractivity contribution < 1.29 is 19.3 Å². The molecule has 0 aliphatic heterocycles. The van der Waals surface area contributed by atoms with Crippen LogP contribution in [0, 0.1) is 10.1 Å². The summed E-state index contributed by atoms with van der Waals surface area (Å²) in [5.74, 6) is -0.983. The molecule has 0 spiro atoms. The third kappa shape index (κ3) is 3.35. The van der Waals surface area contributed by atoms with Gasteiger partial charge in [-0.1, -0.05) is 20.8 Å². The Morgan fingerprint density at radius 3 is 2.30 bits per heavy atom. The van der Waals surface area contributed by atoms with E-state index in [0.717, 1.165) is 0 Å². The van der Waals surface area contributed by atoms with Crippen LogP contribution in [0.25, 0.3) is 0 Å². The molecule has 0 bridgehead atoms. The summed E-state index contributed by atoms with van der Waals surface area (Å²) >= 11 is 0. The molecule has 0 aliphatic carbocycles. The molecule has 110 valence electrons. The van der Waals surface area contributed by atoms with Crippen LogP contribution in [0.5, 0.6) is 5.75 Å². The average Bonchev–Trinajstić information content (AvgIpc) is 2.26. The van der Waals surface area contributed by atoms with E-state index < -0.39 is 24.9 Å². The molecule has 0 aliphatic rings. The van der Waals surface area contributed by atoms with Crippen LogP contribution in [0.2, 0.25) is 18.1 Å². The molecular weight excluding hydrogens is 278 g/mol. The van der Waals surface area contributed by atoms with E-state index in [9.17, 15) is 14.9 Å². The minimum absolute atomic E-state index is 0.0484. The molecule has 0 unspecified atom stereocenters. The van der Waals surface area contributed by atoms with Gasteiger partial charge in [-0.3, -0.25) is 10.1 Å². The van der Waals surface area contributed by atoms with Crippen molar-refractivity contribution in [3.05, 3.63) is 33.9 Å². The number of benzene rings is 1. The van der Waals surface area contributed by atoms with E-state index in [4.69, 9.17) is 9.53 Å². The Bertz CT molecular complexity index is 548. The van der Waals surface area contributed by atoms with Crippen LogP contribution in [0.1, 0.15) is 31.1 Å². The minimum Gasteiger partial charge on any atom is -0.543 e. The number of aromatic carboxylic acids is 1. The third-order valence-corrected chi connectivity index (χ3v) is 7.93. The van der Waals surface area contributed by atoms with E-state index in [-0.39, 0.29) is 10.6 Å². The van der Waals surface area contributed by atoms with Gasteiger partial charge in [0.25, 0.3) is 5.69 Å². The first kappa shape index (κ1) is 16.2. The number of nitrogens with zero attached hydrogens (tertiary/aromatic N) is 1. The molecule has 7 heteroatoms. The number of nitro groups is 1. The maximum absolute atomic E-state index is 10.9. The van der Waals surface area contributed by atoms with Crippen LogP contribution in [0.3, 0.4) is 0 Å². The van der Waals surface area contributed by atoms with Crippen molar-refractivity contribution in [1.82, 2.24) is 0 Å². The van der Waals surface area contributed by atoms with Crippen LogP contribution in [-0.2, 0) is 0 Å². The third-order valence-electron chi connectivity index (χ3n) is 3.58. The van der Waals surface area contributed by atoms with Crippen molar-refractivity contribution in [1.29, 1.82) is 0 Å². The second kappa shape index (κ2) is 5.24.